The van der Waals surface area contributed by atoms with E-state index in [-0.39, 0.29) is 0 Å². The minimum atomic E-state index is 0.654. The van der Waals surface area contributed by atoms with Crippen LogP contribution in [0.5, 0.6) is 0 Å². The molecule has 1 N–H and O–H groups in total. The molecule has 62 valence electrons. The van der Waals surface area contributed by atoms with Gasteiger partial charge in [0, 0.05) is 7.11 Å². The van der Waals surface area contributed by atoms with E-state index in [9.17, 15) is 0 Å². The predicted octanol–water partition coefficient (Wildman–Crippen LogP) is 1.57. The van der Waals surface area contributed by atoms with Gasteiger partial charge in [0.25, 0.3) is 0 Å². The molecule has 1 rings (SSSR count). The van der Waals surface area contributed by atoms with Crippen LogP contribution >= 0.6 is 0 Å². The van der Waals surface area contributed by atoms with E-state index in [1.54, 1.807) is 0 Å². The Morgan fingerprint density at radius 2 is 2.00 bits per heavy atom. The first-order valence-corrected chi connectivity index (χ1v) is 4.00. The van der Waals surface area contributed by atoms with Gasteiger partial charge in [0.05, 0.1) is 12.7 Å². The van der Waals surface area contributed by atoms with Gasteiger partial charge in [0.1, 0.15) is 0 Å². The maximum Gasteiger partial charge on any atom is 0.0810 e. The summed E-state index contributed by atoms with van der Waals surface area (Å²) in [7, 11) is 1.00. The largest absolute Gasteiger partial charge is 0.400 e. The smallest absolute Gasteiger partial charge is 0.0810 e. The van der Waals surface area contributed by atoms with Gasteiger partial charge >= 0.3 is 0 Å². The molecule has 0 aliphatic carbocycles. The molecule has 2 heteroatoms. The molecule has 1 aliphatic rings. The molecule has 1 unspecified atom stereocenters. The zero-order valence-corrected chi connectivity index (χ0v) is 6.97. The van der Waals surface area contributed by atoms with Crippen molar-refractivity contribution < 1.29 is 9.84 Å². The number of epoxide rings is 1. The number of unbranched alkanes of at least 4 members (excludes halogenated alkanes) is 2. The van der Waals surface area contributed by atoms with E-state index in [4.69, 9.17) is 9.84 Å². The van der Waals surface area contributed by atoms with Crippen molar-refractivity contribution in [1.82, 2.24) is 0 Å². The summed E-state index contributed by atoms with van der Waals surface area (Å²) in [6, 6.07) is 0. The zero-order chi connectivity index (χ0) is 7.82. The van der Waals surface area contributed by atoms with Crippen LogP contribution in [-0.2, 0) is 4.74 Å². The second-order valence-corrected chi connectivity index (χ2v) is 2.45. The molecule has 1 fully saturated rings. The van der Waals surface area contributed by atoms with Crippen molar-refractivity contribution in [2.75, 3.05) is 13.7 Å². The lowest BCUT2D eigenvalue weighted by Gasteiger charge is -1.90. The Bertz CT molecular complexity index is 60.3. The van der Waals surface area contributed by atoms with Gasteiger partial charge in [-0.2, -0.15) is 0 Å². The molecule has 0 amide bonds. The third-order valence-electron chi connectivity index (χ3n) is 1.53. The van der Waals surface area contributed by atoms with E-state index >= 15 is 0 Å². The fraction of sp³-hybridized carbons (Fsp3) is 1.00. The molecule has 0 aromatic heterocycles. The van der Waals surface area contributed by atoms with Crippen molar-refractivity contribution >= 4 is 0 Å². The molecule has 1 atom stereocenters. The van der Waals surface area contributed by atoms with Crippen LogP contribution < -0.4 is 0 Å². The van der Waals surface area contributed by atoms with Crippen molar-refractivity contribution in [3.63, 3.8) is 0 Å². The maximum absolute atomic E-state index is 7.00. The Morgan fingerprint density at radius 1 is 1.40 bits per heavy atom. The Balaban J connectivity index is 0.000000371. The van der Waals surface area contributed by atoms with E-state index in [0.717, 1.165) is 13.7 Å². The quantitative estimate of drug-likeness (QED) is 0.482. The lowest BCUT2D eigenvalue weighted by molar-refractivity contribution is 0.389. The highest BCUT2D eigenvalue weighted by Crippen LogP contribution is 2.16. The van der Waals surface area contributed by atoms with Crippen LogP contribution in [0.2, 0.25) is 0 Å². The van der Waals surface area contributed by atoms with Crippen LogP contribution in [0, 0.1) is 0 Å². The van der Waals surface area contributed by atoms with Gasteiger partial charge in [-0.15, -0.1) is 0 Å². The summed E-state index contributed by atoms with van der Waals surface area (Å²) in [5.74, 6) is 0. The Hall–Kier alpha value is -0.0800. The Kier molecular flexibility index (Phi) is 6.98. The standard InChI is InChI=1S/C7H14O.CH4O/c1-2-3-4-5-7-6-8-7;1-2/h7H,2-6H2,1H3;2H,1H3. The van der Waals surface area contributed by atoms with Crippen LogP contribution in [0.15, 0.2) is 0 Å². The highest BCUT2D eigenvalue weighted by molar-refractivity contribution is 4.67. The van der Waals surface area contributed by atoms with Crippen molar-refractivity contribution in [1.29, 1.82) is 0 Å². The first kappa shape index (κ1) is 9.92. The molecule has 1 aliphatic heterocycles. The maximum atomic E-state index is 7.00. The first-order chi connectivity index (χ1) is 4.93. The van der Waals surface area contributed by atoms with Gasteiger partial charge in [-0.3, -0.25) is 0 Å². The van der Waals surface area contributed by atoms with Crippen molar-refractivity contribution in [2.45, 2.75) is 38.7 Å². The van der Waals surface area contributed by atoms with E-state index in [1.165, 1.54) is 25.7 Å². The Labute approximate surface area is 63.2 Å². The molecule has 1 heterocycles. The fourth-order valence-corrected chi connectivity index (χ4v) is 0.857. The predicted molar refractivity (Wildman–Crippen MR) is 42.0 cm³/mol. The number of hydrogen-bond acceptors (Lipinski definition) is 2. The second-order valence-electron chi connectivity index (χ2n) is 2.45. The van der Waals surface area contributed by atoms with Gasteiger partial charge in [0.2, 0.25) is 0 Å². The minimum absolute atomic E-state index is 0.654. The number of hydrogen-bond donors (Lipinski definition) is 1. The molecule has 0 radical (unpaired) electrons. The summed E-state index contributed by atoms with van der Waals surface area (Å²) >= 11 is 0. The summed E-state index contributed by atoms with van der Waals surface area (Å²) in [6.07, 6.45) is 6.02. The minimum Gasteiger partial charge on any atom is -0.400 e. The summed E-state index contributed by atoms with van der Waals surface area (Å²) in [4.78, 5) is 0. The van der Waals surface area contributed by atoms with Gasteiger partial charge in [-0.1, -0.05) is 26.2 Å². The van der Waals surface area contributed by atoms with Crippen LogP contribution in [0.1, 0.15) is 32.6 Å². The summed E-state index contributed by atoms with van der Waals surface area (Å²) in [6.45, 7) is 3.26. The molecule has 0 aromatic rings. The van der Waals surface area contributed by atoms with E-state index in [1.807, 2.05) is 0 Å². The molecule has 0 spiro atoms. The highest BCUT2D eigenvalue weighted by Gasteiger charge is 2.20. The summed E-state index contributed by atoms with van der Waals surface area (Å²) < 4.78 is 5.06. The Morgan fingerprint density at radius 3 is 2.40 bits per heavy atom. The van der Waals surface area contributed by atoms with E-state index in [0.29, 0.717) is 6.10 Å². The number of aliphatic hydroxyl groups is 1. The van der Waals surface area contributed by atoms with Gasteiger partial charge in [-0.25, -0.2) is 0 Å². The van der Waals surface area contributed by atoms with Crippen molar-refractivity contribution in [2.24, 2.45) is 0 Å². The van der Waals surface area contributed by atoms with Gasteiger partial charge in [0.15, 0.2) is 0 Å². The first-order valence-electron chi connectivity index (χ1n) is 4.00. The molecule has 2 nitrogen and oxygen atoms in total. The SMILES string of the molecule is CCCCCC1CO1.CO. The van der Waals surface area contributed by atoms with Crippen LogP contribution in [0.4, 0.5) is 0 Å². The normalized spacial score (nSPS) is 21.3. The average molecular weight is 146 g/mol. The molecular formula is C8H18O2. The number of ether oxygens (including phenoxy) is 1. The van der Waals surface area contributed by atoms with Crippen LogP contribution in [-0.4, -0.2) is 24.9 Å². The molecule has 0 saturated carbocycles. The van der Waals surface area contributed by atoms with Crippen molar-refractivity contribution in [3.8, 4) is 0 Å². The molecule has 0 bridgehead atoms. The summed E-state index contributed by atoms with van der Waals surface area (Å²) in [5.41, 5.74) is 0. The molecule has 1 saturated heterocycles. The third-order valence-corrected chi connectivity index (χ3v) is 1.53. The van der Waals surface area contributed by atoms with Gasteiger partial charge in [-0.05, 0) is 6.42 Å². The zero-order valence-electron chi connectivity index (χ0n) is 6.97. The van der Waals surface area contributed by atoms with Crippen molar-refractivity contribution in [3.05, 3.63) is 0 Å². The molecular weight excluding hydrogens is 128 g/mol. The molecule has 10 heavy (non-hydrogen) atoms. The topological polar surface area (TPSA) is 32.8 Å². The summed E-state index contributed by atoms with van der Waals surface area (Å²) in [5, 5.41) is 7.00. The lowest BCUT2D eigenvalue weighted by atomic mass is 10.2. The van der Waals surface area contributed by atoms with Gasteiger partial charge < -0.3 is 9.84 Å². The van der Waals surface area contributed by atoms with Crippen LogP contribution in [0.25, 0.3) is 0 Å². The second kappa shape index (κ2) is 7.03. The average Bonchev–Trinajstić information content (AvgIpc) is 2.77. The van der Waals surface area contributed by atoms with Crippen LogP contribution in [0.3, 0.4) is 0 Å². The van der Waals surface area contributed by atoms with E-state index in [2.05, 4.69) is 6.92 Å². The molecule has 0 aromatic carbocycles. The number of rotatable bonds is 4. The lowest BCUT2D eigenvalue weighted by Crippen LogP contribution is -1.83. The number of aliphatic hydroxyl groups excluding tert-OH is 1. The fourth-order valence-electron chi connectivity index (χ4n) is 0.857. The van der Waals surface area contributed by atoms with E-state index < -0.39 is 0 Å². The third kappa shape index (κ3) is 6.05. The highest BCUT2D eigenvalue weighted by atomic mass is 16.6. The monoisotopic (exact) mass is 146 g/mol.